The minimum Gasteiger partial charge on any atom is -0.455 e. The molecule has 280 valence electrons. The van der Waals surface area contributed by atoms with Crippen molar-refractivity contribution in [3.63, 3.8) is 0 Å². The van der Waals surface area contributed by atoms with Gasteiger partial charge in [-0.2, -0.15) is 0 Å². The highest BCUT2D eigenvalue weighted by Crippen LogP contribution is 2.40. The molecule has 8 aromatic rings. The van der Waals surface area contributed by atoms with Crippen LogP contribution in [0.4, 0.5) is 0 Å². The average molecular weight is 742 g/mol. The number of furan rings is 1. The normalized spacial score (nSPS) is 13.2. The molecule has 0 fully saturated rings. The molecule has 1 aliphatic carbocycles. The maximum Gasteiger partial charge on any atom is 0.145 e. The van der Waals surface area contributed by atoms with E-state index in [1.54, 1.807) is 12.2 Å². The third-order valence-electron chi connectivity index (χ3n) is 9.94. The first-order chi connectivity index (χ1) is 28.0. The first-order valence-corrected chi connectivity index (χ1v) is 19.4. The molecular weight excluding hydrogens is 695 g/mol. The molecule has 3 heterocycles. The van der Waals surface area contributed by atoms with E-state index in [1.807, 2.05) is 55.6 Å². The first-order valence-electron chi connectivity index (χ1n) is 19.4. The Bertz CT molecular complexity index is 2840. The largest absolute Gasteiger partial charge is 0.455 e. The van der Waals surface area contributed by atoms with E-state index >= 15 is 0 Å². The quantitative estimate of drug-likeness (QED) is 0.166. The van der Waals surface area contributed by atoms with Gasteiger partial charge >= 0.3 is 0 Å². The van der Waals surface area contributed by atoms with E-state index in [0.717, 1.165) is 85.0 Å². The average Bonchev–Trinajstić information content (AvgIpc) is 3.81. The number of hydrogen-bond donors (Lipinski definition) is 1. The molecule has 0 atom stereocenters. The van der Waals surface area contributed by atoms with Crippen LogP contribution in [0.25, 0.3) is 72.3 Å². The molecule has 0 saturated heterocycles. The van der Waals surface area contributed by atoms with Crippen molar-refractivity contribution >= 4 is 55.5 Å². The van der Waals surface area contributed by atoms with Gasteiger partial charge in [0.05, 0.1) is 22.1 Å². The lowest BCUT2D eigenvalue weighted by Gasteiger charge is -2.11. The molecule has 4 nitrogen and oxygen atoms in total. The van der Waals surface area contributed by atoms with Gasteiger partial charge in [-0.05, 0) is 89.7 Å². The molecule has 0 aliphatic heterocycles. The number of aromatic nitrogens is 2. The fourth-order valence-electron chi connectivity index (χ4n) is 7.15. The van der Waals surface area contributed by atoms with E-state index in [4.69, 9.17) is 10.2 Å². The fourth-order valence-corrected chi connectivity index (χ4v) is 7.15. The van der Waals surface area contributed by atoms with Gasteiger partial charge in [-0.25, -0.2) is 0 Å². The van der Waals surface area contributed by atoms with Crippen molar-refractivity contribution in [1.82, 2.24) is 9.55 Å². The van der Waals surface area contributed by atoms with E-state index < -0.39 is 0 Å². The van der Waals surface area contributed by atoms with Crippen LogP contribution in [-0.4, -0.2) is 9.55 Å². The number of benzene rings is 5. The van der Waals surface area contributed by atoms with Crippen molar-refractivity contribution in [3.8, 4) is 16.8 Å². The maximum atomic E-state index is 6.48. The molecule has 0 amide bonds. The predicted molar refractivity (Wildman–Crippen MR) is 245 cm³/mol. The number of allylic oxidation sites excluding steroid dienone is 10. The van der Waals surface area contributed by atoms with Crippen molar-refractivity contribution in [2.75, 3.05) is 0 Å². The monoisotopic (exact) mass is 741 g/mol. The highest BCUT2D eigenvalue weighted by atomic mass is 16.3. The van der Waals surface area contributed by atoms with Gasteiger partial charge in [-0.3, -0.25) is 4.98 Å². The van der Waals surface area contributed by atoms with Crippen molar-refractivity contribution in [1.29, 1.82) is 0 Å². The first kappa shape index (κ1) is 38.1. The Morgan fingerprint density at radius 1 is 0.754 bits per heavy atom. The van der Waals surface area contributed by atoms with Gasteiger partial charge in [-0.15, -0.1) is 0 Å². The fraction of sp³-hybridized carbons (Fsp3) is 0.0755. The molecule has 0 spiro atoms. The summed E-state index contributed by atoms with van der Waals surface area (Å²) < 4.78 is 8.78. The zero-order valence-corrected chi connectivity index (χ0v) is 32.6. The highest BCUT2D eigenvalue weighted by Gasteiger charge is 2.18. The van der Waals surface area contributed by atoms with Gasteiger partial charge in [0.25, 0.3) is 0 Å². The molecule has 3 aromatic heterocycles. The Morgan fingerprint density at radius 2 is 1.47 bits per heavy atom. The minimum atomic E-state index is 0.736. The standard InChI is InChI=1S/C42H29N3O.C6H10.C5H8/c43-36(23-12-27-11-13-31-6-5-25-44-37(31)26-27)30-16-14-28(15-17-30)29-18-20-32(21-19-29)45-38-9-3-1-8-35(38)41-39(45)24-22-34-33-7-2-4-10-40(33)46-42(34)41;1-3-5-6-4-2;1-3-5-4-2/h1-25H,26,43H2;3,5-6H,1,4H2,2H3;3-5H,1H2,2H3/b27-12-,36-23-;6-5-;5-4-. The third-order valence-corrected chi connectivity index (χ3v) is 9.94. The van der Waals surface area contributed by atoms with Crippen LogP contribution in [-0.2, 0) is 6.42 Å². The van der Waals surface area contributed by atoms with Crippen molar-refractivity contribution in [2.24, 2.45) is 5.73 Å². The number of fused-ring (bicyclic) bond motifs is 8. The number of para-hydroxylation sites is 2. The number of nitrogens with zero attached hydrogens (tertiary/aromatic N) is 2. The van der Waals surface area contributed by atoms with Crippen LogP contribution < -0.4 is 5.73 Å². The van der Waals surface area contributed by atoms with Crippen LogP contribution >= 0.6 is 0 Å². The zero-order chi connectivity index (χ0) is 39.6. The second-order valence-corrected chi connectivity index (χ2v) is 13.7. The summed E-state index contributed by atoms with van der Waals surface area (Å²) >= 11 is 0. The van der Waals surface area contributed by atoms with Gasteiger partial charge in [0.2, 0.25) is 0 Å². The summed E-state index contributed by atoms with van der Waals surface area (Å²) in [5, 5.41) is 4.62. The summed E-state index contributed by atoms with van der Waals surface area (Å²) in [5.74, 6) is 0. The Kier molecular flexibility index (Phi) is 12.0. The molecular formula is C53H47N3O. The van der Waals surface area contributed by atoms with E-state index in [2.05, 4.69) is 157 Å². The minimum absolute atomic E-state index is 0.736. The lowest BCUT2D eigenvalue weighted by molar-refractivity contribution is 0.673. The van der Waals surface area contributed by atoms with Crippen LogP contribution in [0.2, 0.25) is 0 Å². The van der Waals surface area contributed by atoms with Crippen LogP contribution in [0, 0.1) is 0 Å². The lowest BCUT2D eigenvalue weighted by Crippen LogP contribution is -2.00. The van der Waals surface area contributed by atoms with Crippen LogP contribution in [0.3, 0.4) is 0 Å². The van der Waals surface area contributed by atoms with Crippen LogP contribution in [0.5, 0.6) is 0 Å². The Hall–Kier alpha value is -7.17. The van der Waals surface area contributed by atoms with E-state index in [9.17, 15) is 0 Å². The molecule has 1 aliphatic rings. The summed E-state index contributed by atoms with van der Waals surface area (Å²) in [7, 11) is 0. The van der Waals surface area contributed by atoms with Crippen molar-refractivity contribution < 1.29 is 4.42 Å². The maximum absolute atomic E-state index is 6.48. The third kappa shape index (κ3) is 8.26. The SMILES string of the molecule is C=C/C=C\C.C=C/C=C\CC.N/C(=C\C=C1\C=Cc2cccnc2C1)c1ccc(-c2ccc(-n3c4ccccc4c4c5oc6ccccc6c5ccc43)cc2)cc1. The number of nitrogens with two attached hydrogens (primary N) is 1. The molecule has 5 aromatic carbocycles. The molecule has 0 radical (unpaired) electrons. The van der Waals surface area contributed by atoms with Crippen molar-refractivity contribution in [2.45, 2.75) is 26.7 Å². The van der Waals surface area contributed by atoms with Gasteiger partial charge < -0.3 is 14.7 Å². The lowest BCUT2D eigenvalue weighted by atomic mass is 9.98. The van der Waals surface area contributed by atoms with E-state index in [0.29, 0.717) is 0 Å². The summed E-state index contributed by atoms with van der Waals surface area (Å²) in [5.41, 5.74) is 19.2. The number of rotatable bonds is 7. The second kappa shape index (κ2) is 18.0. The van der Waals surface area contributed by atoms with Gasteiger partial charge in [0.15, 0.2) is 0 Å². The smallest absolute Gasteiger partial charge is 0.145 e. The van der Waals surface area contributed by atoms with Gasteiger partial charge in [0, 0.05) is 40.2 Å². The predicted octanol–water partition coefficient (Wildman–Crippen LogP) is 14.1. The summed E-state index contributed by atoms with van der Waals surface area (Å²) in [4.78, 5) is 4.51. The Morgan fingerprint density at radius 3 is 2.18 bits per heavy atom. The molecule has 2 N–H and O–H groups in total. The van der Waals surface area contributed by atoms with E-state index in [-0.39, 0.29) is 0 Å². The van der Waals surface area contributed by atoms with Gasteiger partial charge in [-0.1, -0.05) is 154 Å². The Balaban J connectivity index is 0.000000400. The summed E-state index contributed by atoms with van der Waals surface area (Å²) in [6, 6.07) is 42.5. The Labute approximate surface area is 335 Å². The number of hydrogen-bond acceptors (Lipinski definition) is 3. The molecule has 0 unspecified atom stereocenters. The van der Waals surface area contributed by atoms with Crippen LogP contribution in [0.1, 0.15) is 37.1 Å². The van der Waals surface area contributed by atoms with Crippen LogP contribution in [0.15, 0.2) is 205 Å². The van der Waals surface area contributed by atoms with E-state index in [1.165, 1.54) is 16.5 Å². The summed E-state index contributed by atoms with van der Waals surface area (Å²) in [6.07, 6.45) is 23.5. The molecule has 0 saturated carbocycles. The van der Waals surface area contributed by atoms with Crippen molar-refractivity contribution in [3.05, 3.63) is 218 Å². The number of pyridine rings is 1. The molecule has 0 bridgehead atoms. The zero-order valence-electron chi connectivity index (χ0n) is 32.6. The molecule has 57 heavy (non-hydrogen) atoms. The molecule has 4 heteroatoms. The molecule has 9 rings (SSSR count). The second-order valence-electron chi connectivity index (χ2n) is 13.7. The highest BCUT2D eigenvalue weighted by molar-refractivity contribution is 6.23. The summed E-state index contributed by atoms with van der Waals surface area (Å²) in [6.45, 7) is 11.0. The topological polar surface area (TPSA) is 57.0 Å². The van der Waals surface area contributed by atoms with Gasteiger partial charge in [0.1, 0.15) is 11.2 Å².